The van der Waals surface area contributed by atoms with Crippen LogP contribution in [0.2, 0.25) is 0 Å². The topological polar surface area (TPSA) is 73.6 Å². The molecule has 128 valence electrons. The van der Waals surface area contributed by atoms with Crippen LogP contribution in [0.5, 0.6) is 5.75 Å². The Morgan fingerprint density at radius 3 is 2.88 bits per heavy atom. The van der Waals surface area contributed by atoms with Crippen molar-refractivity contribution in [2.24, 2.45) is 0 Å². The predicted molar refractivity (Wildman–Crippen MR) is 89.5 cm³/mol. The Balaban J connectivity index is 1.68. The number of aromatic nitrogens is 1. The van der Waals surface area contributed by atoms with E-state index in [2.05, 4.69) is 10.5 Å². The Hall–Kier alpha value is -2.34. The van der Waals surface area contributed by atoms with Gasteiger partial charge in [0.1, 0.15) is 23.7 Å². The molecule has 1 saturated heterocycles. The first-order valence-electron chi connectivity index (χ1n) is 8.23. The zero-order chi connectivity index (χ0) is 16.9. The maximum atomic E-state index is 12.5. The van der Waals surface area contributed by atoms with Gasteiger partial charge in [-0.2, -0.15) is 0 Å². The van der Waals surface area contributed by atoms with E-state index in [0.29, 0.717) is 35.1 Å². The number of anilines is 1. The first-order chi connectivity index (χ1) is 11.6. The monoisotopic (exact) mass is 330 g/mol. The van der Waals surface area contributed by atoms with Crippen LogP contribution in [0.3, 0.4) is 0 Å². The van der Waals surface area contributed by atoms with Crippen molar-refractivity contribution in [3.05, 3.63) is 41.3 Å². The Bertz CT molecular complexity index is 685. The largest absolute Gasteiger partial charge is 0.489 e. The van der Waals surface area contributed by atoms with E-state index < -0.39 is 0 Å². The van der Waals surface area contributed by atoms with Gasteiger partial charge in [0, 0.05) is 6.61 Å². The van der Waals surface area contributed by atoms with E-state index >= 15 is 0 Å². The van der Waals surface area contributed by atoms with Gasteiger partial charge in [-0.05, 0) is 45.2 Å². The second-order valence-electron chi connectivity index (χ2n) is 5.95. The van der Waals surface area contributed by atoms with Crippen molar-refractivity contribution in [3.63, 3.8) is 0 Å². The van der Waals surface area contributed by atoms with Gasteiger partial charge in [0.05, 0.1) is 17.5 Å². The van der Waals surface area contributed by atoms with Crippen LogP contribution in [-0.2, 0) is 4.74 Å². The van der Waals surface area contributed by atoms with Gasteiger partial charge in [0.15, 0.2) is 0 Å². The third-order valence-electron chi connectivity index (χ3n) is 4.09. The van der Waals surface area contributed by atoms with Crippen LogP contribution >= 0.6 is 0 Å². The first kappa shape index (κ1) is 16.5. The number of para-hydroxylation sites is 2. The van der Waals surface area contributed by atoms with Crippen LogP contribution < -0.4 is 10.1 Å². The Morgan fingerprint density at radius 1 is 1.33 bits per heavy atom. The molecule has 1 amide bonds. The lowest BCUT2D eigenvalue weighted by Crippen LogP contribution is -2.26. The molecule has 0 bridgehead atoms. The number of carbonyl (C=O) groups is 1. The molecule has 2 aromatic rings. The van der Waals surface area contributed by atoms with E-state index in [4.69, 9.17) is 14.0 Å². The molecule has 0 unspecified atom stereocenters. The normalized spacial score (nSPS) is 17.5. The fourth-order valence-electron chi connectivity index (χ4n) is 2.81. The third kappa shape index (κ3) is 3.76. The van der Waals surface area contributed by atoms with Crippen molar-refractivity contribution in [1.29, 1.82) is 0 Å². The molecule has 0 spiro atoms. The van der Waals surface area contributed by atoms with Gasteiger partial charge in [0.2, 0.25) is 0 Å². The van der Waals surface area contributed by atoms with Gasteiger partial charge in [-0.3, -0.25) is 4.79 Å². The second-order valence-corrected chi connectivity index (χ2v) is 5.95. The number of aryl methyl sites for hydroxylation is 2. The lowest BCUT2D eigenvalue weighted by molar-refractivity contribution is -0.0109. The molecule has 0 aliphatic carbocycles. The minimum atomic E-state index is -0.254. The minimum absolute atomic E-state index is 0.116. The van der Waals surface area contributed by atoms with Crippen LogP contribution in [0.25, 0.3) is 0 Å². The summed E-state index contributed by atoms with van der Waals surface area (Å²) in [6.07, 6.45) is 3.40. The first-order valence-corrected chi connectivity index (χ1v) is 8.23. The van der Waals surface area contributed by atoms with E-state index in [-0.39, 0.29) is 12.0 Å². The van der Waals surface area contributed by atoms with E-state index in [1.807, 2.05) is 24.3 Å². The highest BCUT2D eigenvalue weighted by Crippen LogP contribution is 2.26. The molecule has 1 aromatic heterocycles. The fourth-order valence-corrected chi connectivity index (χ4v) is 2.81. The number of nitrogens with one attached hydrogen (secondary N) is 1. The Kier molecular flexibility index (Phi) is 5.15. The molecule has 3 rings (SSSR count). The Morgan fingerprint density at radius 2 is 2.17 bits per heavy atom. The molecule has 24 heavy (non-hydrogen) atoms. The quantitative estimate of drug-likeness (QED) is 0.908. The van der Waals surface area contributed by atoms with Gasteiger partial charge < -0.3 is 19.3 Å². The van der Waals surface area contributed by atoms with Crippen molar-refractivity contribution in [1.82, 2.24) is 5.16 Å². The van der Waals surface area contributed by atoms with Crippen molar-refractivity contribution < 1.29 is 18.8 Å². The van der Waals surface area contributed by atoms with E-state index in [0.717, 1.165) is 19.4 Å². The van der Waals surface area contributed by atoms with Gasteiger partial charge in [-0.25, -0.2) is 0 Å². The molecule has 1 aliphatic heterocycles. The second kappa shape index (κ2) is 7.49. The molecule has 6 heteroatoms. The highest BCUT2D eigenvalue weighted by atomic mass is 16.5. The lowest BCUT2D eigenvalue weighted by atomic mass is 10.1. The molecule has 0 saturated carbocycles. The molecule has 1 aliphatic rings. The molecule has 1 fully saturated rings. The van der Waals surface area contributed by atoms with Crippen molar-refractivity contribution in [2.45, 2.75) is 39.2 Å². The molecule has 1 N–H and O–H groups in total. The molecular weight excluding hydrogens is 308 g/mol. The number of amides is 1. The van der Waals surface area contributed by atoms with Crippen molar-refractivity contribution in [3.8, 4) is 5.75 Å². The number of nitrogens with zero attached hydrogens (tertiary/aromatic N) is 1. The van der Waals surface area contributed by atoms with Gasteiger partial charge in [0.25, 0.3) is 5.91 Å². The lowest BCUT2D eigenvalue weighted by Gasteiger charge is -2.23. The molecular formula is C18H22N2O4. The third-order valence-corrected chi connectivity index (χ3v) is 4.09. The highest BCUT2D eigenvalue weighted by Gasteiger charge is 2.19. The summed E-state index contributed by atoms with van der Waals surface area (Å²) in [7, 11) is 0. The zero-order valence-electron chi connectivity index (χ0n) is 14.0. The predicted octanol–water partition coefficient (Wildman–Crippen LogP) is 3.49. The standard InChI is InChI=1S/C18H22N2O4/c1-12-17(13(2)24-20-12)18(21)19-15-8-3-4-9-16(15)23-11-14-7-5-6-10-22-14/h3-4,8-9,14H,5-7,10-11H2,1-2H3,(H,19,21)/t14-/m1/s1. The van der Waals surface area contributed by atoms with Crippen molar-refractivity contribution in [2.75, 3.05) is 18.5 Å². The molecule has 1 atom stereocenters. The van der Waals surface area contributed by atoms with Crippen LogP contribution in [0.4, 0.5) is 5.69 Å². The average molecular weight is 330 g/mol. The van der Waals surface area contributed by atoms with Crippen molar-refractivity contribution >= 4 is 11.6 Å². The number of hydrogen-bond donors (Lipinski definition) is 1. The van der Waals surface area contributed by atoms with E-state index in [9.17, 15) is 4.79 Å². The molecule has 6 nitrogen and oxygen atoms in total. The smallest absolute Gasteiger partial charge is 0.261 e. The van der Waals surface area contributed by atoms with E-state index in [1.165, 1.54) is 6.42 Å². The summed E-state index contributed by atoms with van der Waals surface area (Å²) in [4.78, 5) is 12.5. The summed E-state index contributed by atoms with van der Waals surface area (Å²) in [5, 5.41) is 6.69. The van der Waals surface area contributed by atoms with Gasteiger partial charge >= 0.3 is 0 Å². The summed E-state index contributed by atoms with van der Waals surface area (Å²) >= 11 is 0. The van der Waals surface area contributed by atoms with Crippen LogP contribution in [0.1, 0.15) is 41.1 Å². The van der Waals surface area contributed by atoms with Gasteiger partial charge in [-0.15, -0.1) is 0 Å². The summed E-state index contributed by atoms with van der Waals surface area (Å²) in [5.41, 5.74) is 1.65. The average Bonchev–Trinajstić information content (AvgIpc) is 2.93. The van der Waals surface area contributed by atoms with Gasteiger partial charge in [-0.1, -0.05) is 17.3 Å². The number of benzene rings is 1. The summed E-state index contributed by atoms with van der Waals surface area (Å²) in [6.45, 7) is 4.74. The SMILES string of the molecule is Cc1noc(C)c1C(=O)Nc1ccccc1OC[C@H]1CCCCO1. The van der Waals surface area contributed by atoms with Crippen LogP contribution in [0.15, 0.2) is 28.8 Å². The summed E-state index contributed by atoms with van der Waals surface area (Å²) in [6, 6.07) is 7.38. The fraction of sp³-hybridized carbons (Fsp3) is 0.444. The zero-order valence-corrected chi connectivity index (χ0v) is 14.0. The van der Waals surface area contributed by atoms with Crippen LogP contribution in [0, 0.1) is 13.8 Å². The highest BCUT2D eigenvalue weighted by molar-refractivity contribution is 6.06. The Labute approximate surface area is 141 Å². The van der Waals surface area contributed by atoms with E-state index in [1.54, 1.807) is 13.8 Å². The molecule has 2 heterocycles. The number of carbonyl (C=O) groups excluding carboxylic acids is 1. The summed E-state index contributed by atoms with van der Waals surface area (Å²) < 4.78 is 16.6. The maximum absolute atomic E-state index is 12.5. The van der Waals surface area contributed by atoms with Crippen LogP contribution in [-0.4, -0.2) is 30.4 Å². The maximum Gasteiger partial charge on any atom is 0.261 e. The number of rotatable bonds is 5. The number of ether oxygens (including phenoxy) is 2. The number of hydrogen-bond acceptors (Lipinski definition) is 5. The summed E-state index contributed by atoms with van der Waals surface area (Å²) in [5.74, 6) is 0.877. The minimum Gasteiger partial charge on any atom is -0.489 e. The molecule has 1 aromatic carbocycles. The molecule has 0 radical (unpaired) electrons.